The standard InChI is InChI=1S/C17H26N2O2/c1-3-19-8-6-14(7-9-19)13(2)18-15-4-5-16-17(12-15)21-11-10-20-16/h4-5,12-14,18H,3,6-11H2,1-2H3. The minimum absolute atomic E-state index is 0.492. The summed E-state index contributed by atoms with van der Waals surface area (Å²) in [5.74, 6) is 2.47. The maximum atomic E-state index is 5.65. The van der Waals surface area contributed by atoms with Crippen LogP contribution in [-0.4, -0.2) is 43.8 Å². The molecule has 0 saturated carbocycles. The average molecular weight is 290 g/mol. The van der Waals surface area contributed by atoms with Crippen LogP contribution in [0.5, 0.6) is 11.5 Å². The van der Waals surface area contributed by atoms with E-state index in [1.807, 2.05) is 6.07 Å². The third-order valence-corrected chi connectivity index (χ3v) is 4.72. The molecular weight excluding hydrogens is 264 g/mol. The molecule has 1 aromatic carbocycles. The number of hydrogen-bond donors (Lipinski definition) is 1. The number of fused-ring (bicyclic) bond motifs is 1. The number of nitrogens with one attached hydrogen (secondary N) is 1. The summed E-state index contributed by atoms with van der Waals surface area (Å²) < 4.78 is 11.2. The third-order valence-electron chi connectivity index (χ3n) is 4.72. The van der Waals surface area contributed by atoms with Crippen LogP contribution < -0.4 is 14.8 Å². The fourth-order valence-corrected chi connectivity index (χ4v) is 3.28. The summed E-state index contributed by atoms with van der Waals surface area (Å²) in [4.78, 5) is 2.54. The van der Waals surface area contributed by atoms with Crippen molar-refractivity contribution >= 4 is 5.69 Å². The Labute approximate surface area is 127 Å². The third kappa shape index (κ3) is 3.43. The van der Waals surface area contributed by atoms with E-state index < -0.39 is 0 Å². The van der Waals surface area contributed by atoms with E-state index in [9.17, 15) is 0 Å². The van der Waals surface area contributed by atoms with Gasteiger partial charge in [-0.25, -0.2) is 0 Å². The van der Waals surface area contributed by atoms with E-state index in [4.69, 9.17) is 9.47 Å². The van der Waals surface area contributed by atoms with E-state index in [1.165, 1.54) is 32.5 Å². The number of rotatable bonds is 4. The quantitative estimate of drug-likeness (QED) is 0.924. The molecule has 1 saturated heterocycles. The summed E-state index contributed by atoms with van der Waals surface area (Å²) in [6, 6.07) is 6.65. The maximum Gasteiger partial charge on any atom is 0.163 e. The van der Waals surface area contributed by atoms with Crippen molar-refractivity contribution in [3.05, 3.63) is 18.2 Å². The van der Waals surface area contributed by atoms with Crippen LogP contribution in [0.25, 0.3) is 0 Å². The van der Waals surface area contributed by atoms with Crippen molar-refractivity contribution in [3.63, 3.8) is 0 Å². The first kappa shape index (κ1) is 14.5. The van der Waals surface area contributed by atoms with Gasteiger partial charge in [-0.05, 0) is 57.5 Å². The number of nitrogens with zero attached hydrogens (tertiary/aromatic N) is 1. The van der Waals surface area contributed by atoms with Gasteiger partial charge in [0.1, 0.15) is 13.2 Å². The van der Waals surface area contributed by atoms with Gasteiger partial charge in [-0.3, -0.25) is 0 Å². The van der Waals surface area contributed by atoms with Gasteiger partial charge in [0.25, 0.3) is 0 Å². The molecule has 2 aliphatic rings. The van der Waals surface area contributed by atoms with Crippen molar-refractivity contribution in [2.75, 3.05) is 38.2 Å². The molecule has 0 radical (unpaired) electrons. The monoisotopic (exact) mass is 290 g/mol. The zero-order valence-electron chi connectivity index (χ0n) is 13.1. The summed E-state index contributed by atoms with van der Waals surface area (Å²) >= 11 is 0. The van der Waals surface area contributed by atoms with Crippen LogP contribution in [0.1, 0.15) is 26.7 Å². The van der Waals surface area contributed by atoms with Crippen molar-refractivity contribution < 1.29 is 9.47 Å². The van der Waals surface area contributed by atoms with Crippen LogP contribution in [0.2, 0.25) is 0 Å². The van der Waals surface area contributed by atoms with Gasteiger partial charge < -0.3 is 19.7 Å². The fourth-order valence-electron chi connectivity index (χ4n) is 3.28. The van der Waals surface area contributed by atoms with Gasteiger partial charge in [0.2, 0.25) is 0 Å². The lowest BCUT2D eigenvalue weighted by Gasteiger charge is -2.35. The van der Waals surface area contributed by atoms with Crippen LogP contribution in [0, 0.1) is 5.92 Å². The molecule has 1 N–H and O–H groups in total. The van der Waals surface area contributed by atoms with Gasteiger partial charge >= 0.3 is 0 Å². The predicted octanol–water partition coefficient (Wildman–Crippen LogP) is 2.99. The second kappa shape index (κ2) is 6.56. The van der Waals surface area contributed by atoms with Gasteiger partial charge in [0, 0.05) is 17.8 Å². The SMILES string of the molecule is CCN1CCC(C(C)Nc2ccc3c(c2)OCCO3)CC1. The molecule has 0 aliphatic carbocycles. The van der Waals surface area contributed by atoms with Crippen molar-refractivity contribution in [1.29, 1.82) is 0 Å². The molecule has 1 aromatic rings. The lowest BCUT2D eigenvalue weighted by atomic mass is 9.90. The Balaban J connectivity index is 1.58. The zero-order chi connectivity index (χ0) is 14.7. The first-order valence-electron chi connectivity index (χ1n) is 8.15. The van der Waals surface area contributed by atoms with Crippen LogP contribution in [0.3, 0.4) is 0 Å². The van der Waals surface area contributed by atoms with E-state index in [1.54, 1.807) is 0 Å². The highest BCUT2D eigenvalue weighted by atomic mass is 16.6. The van der Waals surface area contributed by atoms with Gasteiger partial charge in [0.05, 0.1) is 0 Å². The Hall–Kier alpha value is -1.42. The highest BCUT2D eigenvalue weighted by molar-refractivity contribution is 5.55. The Kier molecular flexibility index (Phi) is 4.54. The lowest BCUT2D eigenvalue weighted by Crippen LogP contribution is -2.39. The molecule has 0 spiro atoms. The van der Waals surface area contributed by atoms with E-state index >= 15 is 0 Å². The molecule has 21 heavy (non-hydrogen) atoms. The summed E-state index contributed by atoms with van der Waals surface area (Å²) in [6.45, 7) is 9.47. The molecule has 0 amide bonds. The highest BCUT2D eigenvalue weighted by Gasteiger charge is 2.23. The number of hydrogen-bond acceptors (Lipinski definition) is 4. The molecule has 2 heterocycles. The van der Waals surface area contributed by atoms with Gasteiger partial charge in [-0.2, -0.15) is 0 Å². The lowest BCUT2D eigenvalue weighted by molar-refractivity contribution is 0.171. The van der Waals surface area contributed by atoms with E-state index in [2.05, 4.69) is 36.2 Å². The van der Waals surface area contributed by atoms with Crippen LogP contribution in [0.4, 0.5) is 5.69 Å². The second-order valence-corrected chi connectivity index (χ2v) is 6.06. The van der Waals surface area contributed by atoms with Crippen molar-refractivity contribution in [2.24, 2.45) is 5.92 Å². The molecule has 1 fully saturated rings. The Morgan fingerprint density at radius 1 is 1.19 bits per heavy atom. The first-order valence-corrected chi connectivity index (χ1v) is 8.15. The molecular formula is C17H26N2O2. The second-order valence-electron chi connectivity index (χ2n) is 6.06. The maximum absolute atomic E-state index is 5.65. The minimum Gasteiger partial charge on any atom is -0.486 e. The normalized spacial score (nSPS) is 21.0. The van der Waals surface area contributed by atoms with Gasteiger partial charge in [-0.1, -0.05) is 6.92 Å². The predicted molar refractivity (Wildman–Crippen MR) is 85.4 cm³/mol. The highest BCUT2D eigenvalue weighted by Crippen LogP contribution is 2.33. The topological polar surface area (TPSA) is 33.7 Å². The molecule has 0 bridgehead atoms. The molecule has 4 nitrogen and oxygen atoms in total. The van der Waals surface area contributed by atoms with Crippen LogP contribution >= 0.6 is 0 Å². The van der Waals surface area contributed by atoms with Crippen LogP contribution in [-0.2, 0) is 0 Å². The number of likely N-dealkylation sites (tertiary alicyclic amines) is 1. The Morgan fingerprint density at radius 3 is 2.62 bits per heavy atom. The molecule has 116 valence electrons. The molecule has 3 rings (SSSR count). The van der Waals surface area contributed by atoms with Crippen molar-refractivity contribution in [2.45, 2.75) is 32.7 Å². The van der Waals surface area contributed by atoms with Gasteiger partial charge in [0.15, 0.2) is 11.5 Å². The number of anilines is 1. The zero-order valence-corrected chi connectivity index (χ0v) is 13.1. The van der Waals surface area contributed by atoms with Crippen molar-refractivity contribution in [1.82, 2.24) is 4.90 Å². The molecule has 4 heteroatoms. The Morgan fingerprint density at radius 2 is 1.90 bits per heavy atom. The molecule has 0 aromatic heterocycles. The van der Waals surface area contributed by atoms with Crippen LogP contribution in [0.15, 0.2) is 18.2 Å². The van der Waals surface area contributed by atoms with E-state index in [0.717, 1.165) is 23.1 Å². The Bertz CT molecular complexity index is 470. The summed E-state index contributed by atoms with van der Waals surface area (Å²) in [7, 11) is 0. The van der Waals surface area contributed by atoms with E-state index in [-0.39, 0.29) is 0 Å². The summed E-state index contributed by atoms with van der Waals surface area (Å²) in [5.41, 5.74) is 1.13. The van der Waals surface area contributed by atoms with Crippen molar-refractivity contribution in [3.8, 4) is 11.5 Å². The molecule has 1 atom stereocenters. The molecule has 2 aliphatic heterocycles. The summed E-state index contributed by atoms with van der Waals surface area (Å²) in [6.07, 6.45) is 2.57. The summed E-state index contributed by atoms with van der Waals surface area (Å²) in [5, 5.41) is 3.64. The first-order chi connectivity index (χ1) is 10.3. The number of benzene rings is 1. The average Bonchev–Trinajstić information content (AvgIpc) is 2.55. The number of ether oxygens (including phenoxy) is 2. The minimum atomic E-state index is 0.492. The number of piperidine rings is 1. The molecule has 1 unspecified atom stereocenters. The fraction of sp³-hybridized carbons (Fsp3) is 0.647. The smallest absolute Gasteiger partial charge is 0.163 e. The van der Waals surface area contributed by atoms with Gasteiger partial charge in [-0.15, -0.1) is 0 Å². The van der Waals surface area contributed by atoms with E-state index in [0.29, 0.717) is 19.3 Å². The largest absolute Gasteiger partial charge is 0.486 e.